The van der Waals surface area contributed by atoms with Gasteiger partial charge in [0.2, 0.25) is 0 Å². The van der Waals surface area contributed by atoms with E-state index in [-0.39, 0.29) is 6.04 Å². The van der Waals surface area contributed by atoms with E-state index < -0.39 is 0 Å². The van der Waals surface area contributed by atoms with Crippen LogP contribution in [0.1, 0.15) is 34.7 Å². The third-order valence-corrected chi connectivity index (χ3v) is 4.80. The van der Waals surface area contributed by atoms with Crippen LogP contribution in [0.2, 0.25) is 0 Å². The minimum absolute atomic E-state index is 0.224. The monoisotopic (exact) mass is 290 g/mol. The maximum absolute atomic E-state index is 5.70. The average Bonchev–Trinajstić information content (AvgIpc) is 2.97. The van der Waals surface area contributed by atoms with Crippen molar-refractivity contribution < 1.29 is 4.74 Å². The molecule has 1 atom stereocenters. The molecule has 0 amide bonds. The maximum Gasteiger partial charge on any atom is 0.118 e. The van der Waals surface area contributed by atoms with Gasteiger partial charge in [-0.25, -0.2) is 0 Å². The summed E-state index contributed by atoms with van der Waals surface area (Å²) in [5.74, 6) is 6.60. The van der Waals surface area contributed by atoms with Crippen molar-refractivity contribution >= 4 is 11.3 Å². The number of nitrogens with one attached hydrogen (secondary N) is 1. The fourth-order valence-electron chi connectivity index (χ4n) is 2.18. The van der Waals surface area contributed by atoms with Gasteiger partial charge in [0.05, 0.1) is 13.2 Å². The lowest BCUT2D eigenvalue weighted by molar-refractivity contribution is 0.414. The summed E-state index contributed by atoms with van der Waals surface area (Å²) < 4.78 is 5.17. The van der Waals surface area contributed by atoms with Crippen LogP contribution >= 0.6 is 11.3 Å². The van der Waals surface area contributed by atoms with E-state index in [0.29, 0.717) is 0 Å². The largest absolute Gasteiger partial charge is 0.497 e. The van der Waals surface area contributed by atoms with Crippen molar-refractivity contribution in [2.75, 3.05) is 7.11 Å². The second-order valence-electron chi connectivity index (χ2n) is 4.76. The molecule has 1 heterocycles. The normalized spacial score (nSPS) is 12.3. The first-order chi connectivity index (χ1) is 9.76. The van der Waals surface area contributed by atoms with Gasteiger partial charge in [-0.15, -0.1) is 11.3 Å². The van der Waals surface area contributed by atoms with E-state index >= 15 is 0 Å². The molecule has 0 aliphatic heterocycles. The highest BCUT2D eigenvalue weighted by Crippen LogP contribution is 2.26. The van der Waals surface area contributed by atoms with E-state index in [1.165, 1.54) is 15.3 Å². The Kier molecular flexibility index (Phi) is 5.59. The van der Waals surface area contributed by atoms with Crippen molar-refractivity contribution in [2.24, 2.45) is 5.84 Å². The molecule has 1 aromatic heterocycles. The number of nitrogens with two attached hydrogens (primary N) is 1. The van der Waals surface area contributed by atoms with E-state index in [0.717, 1.165) is 25.0 Å². The molecule has 0 aliphatic carbocycles. The third kappa shape index (κ3) is 3.82. The number of rotatable bonds is 7. The zero-order valence-corrected chi connectivity index (χ0v) is 12.9. The molecule has 4 heteroatoms. The Hall–Kier alpha value is -1.36. The van der Waals surface area contributed by atoms with E-state index in [1.807, 2.05) is 23.5 Å². The molecule has 0 aliphatic rings. The first-order valence-electron chi connectivity index (χ1n) is 6.94. The van der Waals surface area contributed by atoms with Gasteiger partial charge in [0.1, 0.15) is 5.75 Å². The van der Waals surface area contributed by atoms with Crippen LogP contribution in [0.15, 0.2) is 36.4 Å². The summed E-state index contributed by atoms with van der Waals surface area (Å²) in [6, 6.07) is 12.8. The molecule has 2 aromatic rings. The number of ether oxygens (including phenoxy) is 1. The Labute approximate surface area is 124 Å². The second-order valence-corrected chi connectivity index (χ2v) is 5.96. The summed E-state index contributed by atoms with van der Waals surface area (Å²) in [7, 11) is 1.69. The van der Waals surface area contributed by atoms with E-state index in [2.05, 4.69) is 36.6 Å². The van der Waals surface area contributed by atoms with Crippen molar-refractivity contribution in [3.05, 3.63) is 51.7 Å². The summed E-state index contributed by atoms with van der Waals surface area (Å²) in [4.78, 5) is 2.72. The molecular weight excluding hydrogens is 268 g/mol. The molecule has 0 saturated heterocycles. The van der Waals surface area contributed by atoms with Crippen molar-refractivity contribution in [1.29, 1.82) is 0 Å². The predicted octanol–water partition coefficient (Wildman–Crippen LogP) is 3.46. The van der Waals surface area contributed by atoms with Gasteiger partial charge in [0, 0.05) is 9.75 Å². The number of thiophene rings is 1. The summed E-state index contributed by atoms with van der Waals surface area (Å²) in [5, 5.41) is 0. The van der Waals surface area contributed by atoms with Crippen LogP contribution in [-0.2, 0) is 12.8 Å². The van der Waals surface area contributed by atoms with Gasteiger partial charge in [0.15, 0.2) is 0 Å². The Morgan fingerprint density at radius 2 is 1.95 bits per heavy atom. The van der Waals surface area contributed by atoms with Crippen LogP contribution < -0.4 is 16.0 Å². The molecule has 108 valence electrons. The van der Waals surface area contributed by atoms with Crippen LogP contribution in [0.5, 0.6) is 5.75 Å². The Morgan fingerprint density at radius 3 is 2.50 bits per heavy atom. The van der Waals surface area contributed by atoms with Crippen molar-refractivity contribution in [3.63, 3.8) is 0 Å². The first kappa shape index (κ1) is 15.0. The van der Waals surface area contributed by atoms with Gasteiger partial charge in [-0.05, 0) is 49.1 Å². The topological polar surface area (TPSA) is 47.3 Å². The molecule has 3 N–H and O–H groups in total. The smallest absolute Gasteiger partial charge is 0.118 e. The van der Waals surface area contributed by atoms with Crippen LogP contribution in [0.25, 0.3) is 0 Å². The number of hydrazine groups is 1. The fourth-order valence-corrected chi connectivity index (χ4v) is 3.23. The molecule has 20 heavy (non-hydrogen) atoms. The lowest BCUT2D eigenvalue weighted by Gasteiger charge is -2.14. The molecule has 0 saturated carbocycles. The van der Waals surface area contributed by atoms with Gasteiger partial charge in [-0.1, -0.05) is 19.1 Å². The van der Waals surface area contributed by atoms with Crippen molar-refractivity contribution in [2.45, 2.75) is 32.2 Å². The zero-order chi connectivity index (χ0) is 14.4. The van der Waals surface area contributed by atoms with E-state index in [1.54, 1.807) is 7.11 Å². The van der Waals surface area contributed by atoms with Gasteiger partial charge in [0.25, 0.3) is 0 Å². The summed E-state index contributed by atoms with van der Waals surface area (Å²) in [6.07, 6.45) is 3.07. The van der Waals surface area contributed by atoms with Crippen LogP contribution in [0, 0.1) is 0 Å². The maximum atomic E-state index is 5.70. The van der Waals surface area contributed by atoms with Crippen LogP contribution in [-0.4, -0.2) is 7.11 Å². The minimum atomic E-state index is 0.224. The molecule has 0 bridgehead atoms. The highest BCUT2D eigenvalue weighted by Gasteiger charge is 2.12. The standard InChI is InChI=1S/C16H22N2OS/c1-3-14-9-11-16(20-14)15(18-17)10-6-12-4-7-13(19-2)8-5-12/h4-5,7-9,11,15,18H,3,6,10,17H2,1-2H3. The first-order valence-corrected chi connectivity index (χ1v) is 7.76. The quantitative estimate of drug-likeness (QED) is 0.606. The molecule has 3 nitrogen and oxygen atoms in total. The highest BCUT2D eigenvalue weighted by atomic mass is 32.1. The lowest BCUT2D eigenvalue weighted by Crippen LogP contribution is -2.27. The zero-order valence-electron chi connectivity index (χ0n) is 12.1. The SMILES string of the molecule is CCc1ccc(C(CCc2ccc(OC)cc2)NN)s1. The van der Waals surface area contributed by atoms with Gasteiger partial charge < -0.3 is 4.74 Å². The molecule has 0 spiro atoms. The number of hydrogen-bond donors (Lipinski definition) is 2. The third-order valence-electron chi connectivity index (χ3n) is 3.46. The molecule has 0 radical (unpaired) electrons. The van der Waals surface area contributed by atoms with Gasteiger partial charge in [-0.3, -0.25) is 11.3 Å². The van der Waals surface area contributed by atoms with E-state index in [4.69, 9.17) is 10.6 Å². The lowest BCUT2D eigenvalue weighted by atomic mass is 10.0. The Morgan fingerprint density at radius 1 is 1.20 bits per heavy atom. The predicted molar refractivity (Wildman–Crippen MR) is 85.1 cm³/mol. The number of hydrogen-bond acceptors (Lipinski definition) is 4. The molecule has 2 rings (SSSR count). The van der Waals surface area contributed by atoms with E-state index in [9.17, 15) is 0 Å². The summed E-state index contributed by atoms with van der Waals surface area (Å²) >= 11 is 1.84. The molecule has 1 aromatic carbocycles. The number of methoxy groups -OCH3 is 1. The molecular formula is C16H22N2OS. The van der Waals surface area contributed by atoms with Crippen molar-refractivity contribution in [3.8, 4) is 5.75 Å². The fraction of sp³-hybridized carbons (Fsp3) is 0.375. The minimum Gasteiger partial charge on any atom is -0.497 e. The highest BCUT2D eigenvalue weighted by molar-refractivity contribution is 7.12. The second kappa shape index (κ2) is 7.43. The number of aryl methyl sites for hydroxylation is 2. The van der Waals surface area contributed by atoms with Crippen LogP contribution in [0.4, 0.5) is 0 Å². The number of benzene rings is 1. The Balaban J connectivity index is 1.95. The summed E-state index contributed by atoms with van der Waals surface area (Å²) in [6.45, 7) is 2.18. The van der Waals surface area contributed by atoms with Crippen LogP contribution in [0.3, 0.4) is 0 Å². The average molecular weight is 290 g/mol. The molecule has 1 unspecified atom stereocenters. The van der Waals surface area contributed by atoms with Crippen molar-refractivity contribution in [1.82, 2.24) is 5.43 Å². The Bertz CT molecular complexity index is 522. The molecule has 0 fully saturated rings. The summed E-state index contributed by atoms with van der Waals surface area (Å²) in [5.41, 5.74) is 4.24. The van der Waals surface area contributed by atoms with Gasteiger partial charge in [-0.2, -0.15) is 0 Å². The van der Waals surface area contributed by atoms with Gasteiger partial charge >= 0.3 is 0 Å².